The summed E-state index contributed by atoms with van der Waals surface area (Å²) in [6.45, 7) is 1.69. The number of hydrogen-bond acceptors (Lipinski definition) is 6. The summed E-state index contributed by atoms with van der Waals surface area (Å²) in [6, 6.07) is 17.9. The molecule has 0 bridgehead atoms. The molecule has 1 aromatic heterocycles. The second-order valence-corrected chi connectivity index (χ2v) is 7.29. The number of carbonyl (C=O) groups excluding carboxylic acids is 2. The van der Waals surface area contributed by atoms with Crippen LogP contribution in [0.1, 0.15) is 16.1 Å². The van der Waals surface area contributed by atoms with Crippen molar-refractivity contribution in [3.63, 3.8) is 0 Å². The summed E-state index contributed by atoms with van der Waals surface area (Å²) in [6.07, 6.45) is 1.48. The summed E-state index contributed by atoms with van der Waals surface area (Å²) >= 11 is 0. The van der Waals surface area contributed by atoms with E-state index in [0.29, 0.717) is 49.0 Å². The molecular weight excluding hydrogens is 426 g/mol. The van der Waals surface area contributed by atoms with Crippen molar-refractivity contribution in [3.05, 3.63) is 93.9 Å². The van der Waals surface area contributed by atoms with Crippen molar-refractivity contribution in [1.29, 1.82) is 0 Å². The zero-order chi connectivity index (χ0) is 23.2. The van der Waals surface area contributed by atoms with E-state index in [2.05, 4.69) is 5.32 Å². The minimum absolute atomic E-state index is 0.0209. The molecule has 0 spiro atoms. The first-order valence-electron chi connectivity index (χ1n) is 10.3. The molecule has 168 valence electrons. The highest BCUT2D eigenvalue weighted by Crippen LogP contribution is 2.25. The van der Waals surface area contributed by atoms with Gasteiger partial charge in [0.2, 0.25) is 0 Å². The molecule has 1 saturated heterocycles. The fraction of sp³-hybridized carbons (Fsp3) is 0.167. The molecule has 9 heteroatoms. The zero-order valence-corrected chi connectivity index (χ0v) is 17.6. The van der Waals surface area contributed by atoms with E-state index < -0.39 is 10.8 Å². The maximum absolute atomic E-state index is 13.1. The van der Waals surface area contributed by atoms with Crippen LogP contribution in [-0.2, 0) is 9.53 Å². The third kappa shape index (κ3) is 5.34. The van der Waals surface area contributed by atoms with Crippen molar-refractivity contribution in [2.45, 2.75) is 0 Å². The number of rotatable bonds is 6. The van der Waals surface area contributed by atoms with E-state index in [0.717, 1.165) is 0 Å². The highest BCUT2D eigenvalue weighted by molar-refractivity contribution is 6.05. The number of carbonyl (C=O) groups is 2. The van der Waals surface area contributed by atoms with Crippen molar-refractivity contribution < 1.29 is 23.7 Å². The standard InChI is InChI=1S/C24H21N3O6/c28-23(18-4-2-1-3-5-18)25-21(24(29)26-12-14-32-15-13-26)16-20-10-11-22(33-20)17-6-8-19(9-7-17)27(30)31/h1-11,16H,12-15H2,(H,25,28). The van der Waals surface area contributed by atoms with E-state index in [9.17, 15) is 19.7 Å². The van der Waals surface area contributed by atoms with Gasteiger partial charge in [0.15, 0.2) is 0 Å². The van der Waals surface area contributed by atoms with Crippen LogP contribution in [0.2, 0.25) is 0 Å². The van der Waals surface area contributed by atoms with Gasteiger partial charge in [0.25, 0.3) is 17.5 Å². The van der Waals surface area contributed by atoms with Gasteiger partial charge < -0.3 is 19.4 Å². The number of nitro groups is 1. The van der Waals surface area contributed by atoms with Gasteiger partial charge in [-0.25, -0.2) is 0 Å². The monoisotopic (exact) mass is 447 g/mol. The van der Waals surface area contributed by atoms with Gasteiger partial charge >= 0.3 is 0 Å². The molecule has 2 heterocycles. The summed E-state index contributed by atoms with van der Waals surface area (Å²) in [5.74, 6) is 0.0819. The third-order valence-corrected chi connectivity index (χ3v) is 5.09. The van der Waals surface area contributed by atoms with Crippen LogP contribution in [0.5, 0.6) is 0 Å². The lowest BCUT2D eigenvalue weighted by molar-refractivity contribution is -0.384. The summed E-state index contributed by atoms with van der Waals surface area (Å²) < 4.78 is 11.1. The van der Waals surface area contributed by atoms with Gasteiger partial charge in [-0.3, -0.25) is 19.7 Å². The molecule has 1 aliphatic rings. The summed E-state index contributed by atoms with van der Waals surface area (Å²) in [5.41, 5.74) is 1.13. The van der Waals surface area contributed by atoms with E-state index in [-0.39, 0.29) is 17.3 Å². The van der Waals surface area contributed by atoms with Crippen LogP contribution in [-0.4, -0.2) is 47.9 Å². The summed E-state index contributed by atoms with van der Waals surface area (Å²) in [7, 11) is 0. The molecule has 0 saturated carbocycles. The second-order valence-electron chi connectivity index (χ2n) is 7.29. The highest BCUT2D eigenvalue weighted by atomic mass is 16.6. The number of nitrogens with one attached hydrogen (secondary N) is 1. The Morgan fingerprint density at radius 1 is 0.970 bits per heavy atom. The van der Waals surface area contributed by atoms with Crippen molar-refractivity contribution in [1.82, 2.24) is 10.2 Å². The largest absolute Gasteiger partial charge is 0.457 e. The predicted octanol–water partition coefficient (Wildman–Crippen LogP) is 3.48. The van der Waals surface area contributed by atoms with Crippen LogP contribution >= 0.6 is 0 Å². The minimum Gasteiger partial charge on any atom is -0.457 e. The number of ether oxygens (including phenoxy) is 1. The molecule has 33 heavy (non-hydrogen) atoms. The van der Waals surface area contributed by atoms with Gasteiger partial charge in [-0.05, 0) is 36.4 Å². The van der Waals surface area contributed by atoms with E-state index in [1.807, 2.05) is 0 Å². The van der Waals surface area contributed by atoms with Crippen LogP contribution in [0, 0.1) is 10.1 Å². The summed E-state index contributed by atoms with van der Waals surface area (Å²) in [5, 5.41) is 13.6. The molecule has 0 radical (unpaired) electrons. The fourth-order valence-corrected chi connectivity index (χ4v) is 3.35. The van der Waals surface area contributed by atoms with Crippen LogP contribution in [0.15, 0.2) is 76.8 Å². The molecule has 0 atom stereocenters. The van der Waals surface area contributed by atoms with Crippen LogP contribution in [0.25, 0.3) is 17.4 Å². The van der Waals surface area contributed by atoms with Gasteiger partial charge in [0.05, 0.1) is 18.1 Å². The summed E-state index contributed by atoms with van der Waals surface area (Å²) in [4.78, 5) is 37.8. The number of amides is 2. The Kier molecular flexibility index (Phi) is 6.61. The van der Waals surface area contributed by atoms with E-state index in [4.69, 9.17) is 9.15 Å². The molecule has 9 nitrogen and oxygen atoms in total. The molecule has 1 aliphatic heterocycles. The molecule has 4 rings (SSSR count). The number of nitro benzene ring substituents is 1. The quantitative estimate of drug-likeness (QED) is 0.351. The van der Waals surface area contributed by atoms with Crippen molar-refractivity contribution in [2.75, 3.05) is 26.3 Å². The fourth-order valence-electron chi connectivity index (χ4n) is 3.35. The molecule has 2 amide bonds. The molecule has 3 aromatic rings. The van der Waals surface area contributed by atoms with Gasteiger partial charge in [0.1, 0.15) is 17.2 Å². The molecule has 1 N–H and O–H groups in total. The Morgan fingerprint density at radius 3 is 2.33 bits per heavy atom. The first-order chi connectivity index (χ1) is 16.0. The lowest BCUT2D eigenvalue weighted by Gasteiger charge is -2.27. The average Bonchev–Trinajstić information content (AvgIpc) is 3.33. The van der Waals surface area contributed by atoms with Crippen molar-refractivity contribution in [2.24, 2.45) is 0 Å². The molecule has 2 aromatic carbocycles. The SMILES string of the molecule is O=C(NC(=Cc1ccc(-c2ccc([N+](=O)[O-])cc2)o1)C(=O)N1CCOCC1)c1ccccc1. The molecule has 0 aliphatic carbocycles. The smallest absolute Gasteiger partial charge is 0.270 e. The van der Waals surface area contributed by atoms with Gasteiger partial charge in [-0.2, -0.15) is 0 Å². The average molecular weight is 447 g/mol. The zero-order valence-electron chi connectivity index (χ0n) is 17.6. The Hall–Kier alpha value is -4.24. The Morgan fingerprint density at radius 2 is 1.67 bits per heavy atom. The second kappa shape index (κ2) is 9.92. The van der Waals surface area contributed by atoms with Gasteiger partial charge in [-0.1, -0.05) is 18.2 Å². The molecule has 0 unspecified atom stereocenters. The Bertz CT molecular complexity index is 1180. The first-order valence-corrected chi connectivity index (χ1v) is 10.3. The lowest BCUT2D eigenvalue weighted by atomic mass is 10.1. The number of benzene rings is 2. The molecule has 1 fully saturated rings. The van der Waals surface area contributed by atoms with Crippen LogP contribution < -0.4 is 5.32 Å². The number of nitrogens with zero attached hydrogens (tertiary/aromatic N) is 2. The van der Waals surface area contributed by atoms with Gasteiger partial charge in [0, 0.05) is 42.4 Å². The number of morpholine rings is 1. The Labute approximate surface area is 189 Å². The maximum atomic E-state index is 13.1. The minimum atomic E-state index is -0.473. The van der Waals surface area contributed by atoms with E-state index in [1.165, 1.54) is 18.2 Å². The molecular formula is C24H21N3O6. The Balaban J connectivity index is 1.60. The normalized spacial score (nSPS) is 14.1. The third-order valence-electron chi connectivity index (χ3n) is 5.09. The van der Waals surface area contributed by atoms with Gasteiger partial charge in [-0.15, -0.1) is 0 Å². The topological polar surface area (TPSA) is 115 Å². The number of non-ortho nitro benzene ring substituents is 1. The van der Waals surface area contributed by atoms with Crippen molar-refractivity contribution in [3.8, 4) is 11.3 Å². The number of furan rings is 1. The first kappa shape index (κ1) is 22.0. The van der Waals surface area contributed by atoms with Crippen molar-refractivity contribution >= 4 is 23.6 Å². The van der Waals surface area contributed by atoms with E-state index >= 15 is 0 Å². The van der Waals surface area contributed by atoms with Crippen LogP contribution in [0.4, 0.5) is 5.69 Å². The van der Waals surface area contributed by atoms with E-state index in [1.54, 1.807) is 59.5 Å². The van der Waals surface area contributed by atoms with Crippen LogP contribution in [0.3, 0.4) is 0 Å². The highest BCUT2D eigenvalue weighted by Gasteiger charge is 2.23. The maximum Gasteiger partial charge on any atom is 0.270 e. The predicted molar refractivity (Wildman–Crippen MR) is 120 cm³/mol. The number of hydrogen-bond donors (Lipinski definition) is 1. The lowest BCUT2D eigenvalue weighted by Crippen LogP contribution is -2.44.